The number of anilines is 2. The van der Waals surface area contributed by atoms with Gasteiger partial charge in [0.1, 0.15) is 0 Å². The van der Waals surface area contributed by atoms with Gasteiger partial charge in [0.25, 0.3) is 0 Å². The van der Waals surface area contributed by atoms with Crippen molar-refractivity contribution in [3.63, 3.8) is 0 Å². The third-order valence-electron chi connectivity index (χ3n) is 4.43. The Kier molecular flexibility index (Phi) is 8.25. The van der Waals surface area contributed by atoms with E-state index in [1.54, 1.807) is 0 Å². The molecule has 2 aromatic rings. The highest BCUT2D eigenvalue weighted by atomic mass is 15.0. The Labute approximate surface area is 156 Å². The summed E-state index contributed by atoms with van der Waals surface area (Å²) in [7, 11) is 0. The predicted octanol–water partition coefficient (Wildman–Crippen LogP) is 4.34. The molecule has 0 bridgehead atoms. The maximum absolute atomic E-state index is 5.92. The van der Waals surface area contributed by atoms with Gasteiger partial charge in [-0.25, -0.2) is 19.9 Å². The Bertz CT molecular complexity index is 626. The molecule has 2 aromatic heterocycles. The van der Waals surface area contributed by atoms with Gasteiger partial charge in [-0.1, -0.05) is 52.4 Å². The predicted molar refractivity (Wildman–Crippen MR) is 108 cm³/mol. The number of nitrogens with two attached hydrogens (primary N) is 2. The molecule has 0 radical (unpaired) electrons. The molecule has 4 N–H and O–H groups in total. The maximum Gasteiger partial charge on any atom is 0.220 e. The molecule has 0 unspecified atom stereocenters. The summed E-state index contributed by atoms with van der Waals surface area (Å²) in [5.74, 6) is 0.573. The number of rotatable bonds is 11. The van der Waals surface area contributed by atoms with E-state index in [0.717, 1.165) is 48.5 Å². The molecule has 2 rings (SSSR count). The van der Waals surface area contributed by atoms with E-state index in [2.05, 4.69) is 33.8 Å². The molecule has 0 aliphatic carbocycles. The Hall–Kier alpha value is -2.24. The lowest BCUT2D eigenvalue weighted by Gasteiger charge is -2.08. The van der Waals surface area contributed by atoms with Crippen LogP contribution >= 0.6 is 0 Å². The molecule has 0 spiro atoms. The van der Waals surface area contributed by atoms with Crippen molar-refractivity contribution in [2.24, 2.45) is 0 Å². The van der Waals surface area contributed by atoms with Crippen LogP contribution in [0, 0.1) is 0 Å². The number of nitrogens with zero attached hydrogens (tertiary/aromatic N) is 4. The van der Waals surface area contributed by atoms with Gasteiger partial charge < -0.3 is 11.5 Å². The molecule has 0 saturated heterocycles. The van der Waals surface area contributed by atoms with Crippen LogP contribution in [0.2, 0.25) is 0 Å². The molecule has 6 heteroatoms. The minimum Gasteiger partial charge on any atom is -0.368 e. The highest BCUT2D eigenvalue weighted by molar-refractivity contribution is 5.57. The Balaban J connectivity index is 2.13. The Morgan fingerprint density at radius 2 is 1.04 bits per heavy atom. The van der Waals surface area contributed by atoms with Crippen molar-refractivity contribution in [3.05, 3.63) is 23.5 Å². The van der Waals surface area contributed by atoms with Crippen LogP contribution in [0.25, 0.3) is 11.4 Å². The summed E-state index contributed by atoms with van der Waals surface area (Å²) >= 11 is 0. The third kappa shape index (κ3) is 6.58. The van der Waals surface area contributed by atoms with Crippen molar-refractivity contribution in [1.82, 2.24) is 19.9 Å². The van der Waals surface area contributed by atoms with Gasteiger partial charge in [-0.15, -0.1) is 0 Å². The summed E-state index contributed by atoms with van der Waals surface area (Å²) in [5.41, 5.74) is 15.2. The van der Waals surface area contributed by atoms with Crippen molar-refractivity contribution in [2.75, 3.05) is 11.5 Å². The second-order valence-corrected chi connectivity index (χ2v) is 6.83. The van der Waals surface area contributed by atoms with Crippen LogP contribution in [-0.2, 0) is 12.8 Å². The molecule has 26 heavy (non-hydrogen) atoms. The van der Waals surface area contributed by atoms with Crippen molar-refractivity contribution in [3.8, 4) is 11.4 Å². The van der Waals surface area contributed by atoms with Gasteiger partial charge in [0.15, 0.2) is 0 Å². The van der Waals surface area contributed by atoms with E-state index < -0.39 is 0 Å². The smallest absolute Gasteiger partial charge is 0.220 e. The number of hydrogen-bond donors (Lipinski definition) is 2. The summed E-state index contributed by atoms with van der Waals surface area (Å²) < 4.78 is 0. The third-order valence-corrected chi connectivity index (χ3v) is 4.43. The number of aromatic nitrogens is 4. The van der Waals surface area contributed by atoms with Gasteiger partial charge in [0, 0.05) is 11.4 Å². The van der Waals surface area contributed by atoms with Crippen LogP contribution < -0.4 is 11.5 Å². The summed E-state index contributed by atoms with van der Waals surface area (Å²) in [6.07, 6.45) is 11.4. The number of nitrogen functional groups attached to an aromatic ring is 2. The van der Waals surface area contributed by atoms with E-state index >= 15 is 0 Å². The van der Waals surface area contributed by atoms with E-state index in [0.29, 0.717) is 0 Å². The minimum atomic E-state index is 0.287. The van der Waals surface area contributed by atoms with Gasteiger partial charge in [-0.05, 0) is 37.8 Å². The zero-order chi connectivity index (χ0) is 18.8. The Morgan fingerprint density at radius 1 is 0.615 bits per heavy atom. The average molecular weight is 357 g/mol. The van der Waals surface area contributed by atoms with Crippen LogP contribution in [0.15, 0.2) is 12.1 Å². The number of aryl methyl sites for hydroxylation is 2. The zero-order valence-electron chi connectivity index (χ0n) is 16.2. The van der Waals surface area contributed by atoms with Crippen LogP contribution in [0.4, 0.5) is 11.9 Å². The molecule has 0 aromatic carbocycles. The van der Waals surface area contributed by atoms with Gasteiger partial charge in [-0.3, -0.25) is 0 Å². The fraction of sp³-hybridized carbons (Fsp3) is 0.600. The first-order chi connectivity index (χ1) is 12.6. The average Bonchev–Trinajstić information content (AvgIpc) is 2.61. The molecule has 2 heterocycles. The molecule has 0 aliphatic rings. The first-order valence-corrected chi connectivity index (χ1v) is 9.89. The second kappa shape index (κ2) is 10.7. The first-order valence-electron chi connectivity index (χ1n) is 9.89. The molecule has 0 saturated carbocycles. The first kappa shape index (κ1) is 20.1. The lowest BCUT2D eigenvalue weighted by atomic mass is 10.1. The summed E-state index contributed by atoms with van der Waals surface area (Å²) in [6.45, 7) is 4.42. The lowest BCUT2D eigenvalue weighted by Crippen LogP contribution is -2.05. The molecule has 142 valence electrons. The standard InChI is InChI=1S/C20H32N6/c1-3-5-7-9-11-15-13-17(25-19(21)23-15)18-14-16(24-20(22)26-18)12-10-8-6-4-2/h13-14H,3-12H2,1-2H3,(H2,21,23,25)(H2,22,24,26). The van der Waals surface area contributed by atoms with Crippen molar-refractivity contribution in [1.29, 1.82) is 0 Å². The fourth-order valence-electron chi connectivity index (χ4n) is 3.02. The fourth-order valence-corrected chi connectivity index (χ4v) is 3.02. The highest BCUT2D eigenvalue weighted by Gasteiger charge is 2.10. The van der Waals surface area contributed by atoms with E-state index in [1.807, 2.05) is 12.1 Å². The monoisotopic (exact) mass is 356 g/mol. The molecule has 0 fully saturated rings. The zero-order valence-corrected chi connectivity index (χ0v) is 16.2. The van der Waals surface area contributed by atoms with Crippen molar-refractivity contribution in [2.45, 2.75) is 78.1 Å². The van der Waals surface area contributed by atoms with Gasteiger partial charge >= 0.3 is 0 Å². The minimum absolute atomic E-state index is 0.287. The van der Waals surface area contributed by atoms with Crippen molar-refractivity contribution >= 4 is 11.9 Å². The molecule has 0 atom stereocenters. The van der Waals surface area contributed by atoms with E-state index in [9.17, 15) is 0 Å². The maximum atomic E-state index is 5.92. The SMILES string of the molecule is CCCCCCc1cc(-c2cc(CCCCCC)nc(N)n2)nc(N)n1. The lowest BCUT2D eigenvalue weighted by molar-refractivity contribution is 0.660. The van der Waals surface area contributed by atoms with Crippen LogP contribution in [-0.4, -0.2) is 19.9 Å². The summed E-state index contributed by atoms with van der Waals surface area (Å²) in [6, 6.07) is 3.95. The van der Waals surface area contributed by atoms with Crippen LogP contribution in [0.3, 0.4) is 0 Å². The van der Waals surface area contributed by atoms with Gasteiger partial charge in [0.2, 0.25) is 11.9 Å². The molecule has 6 nitrogen and oxygen atoms in total. The van der Waals surface area contributed by atoms with Crippen molar-refractivity contribution < 1.29 is 0 Å². The molecular formula is C20H32N6. The van der Waals surface area contributed by atoms with E-state index in [1.165, 1.54) is 38.5 Å². The van der Waals surface area contributed by atoms with Gasteiger partial charge in [0.05, 0.1) is 11.4 Å². The van der Waals surface area contributed by atoms with E-state index in [-0.39, 0.29) is 11.9 Å². The number of hydrogen-bond acceptors (Lipinski definition) is 6. The highest BCUT2D eigenvalue weighted by Crippen LogP contribution is 2.20. The van der Waals surface area contributed by atoms with Crippen LogP contribution in [0.5, 0.6) is 0 Å². The molecule has 0 aliphatic heterocycles. The summed E-state index contributed by atoms with van der Waals surface area (Å²) in [4.78, 5) is 17.5. The van der Waals surface area contributed by atoms with Gasteiger partial charge in [-0.2, -0.15) is 0 Å². The molecular weight excluding hydrogens is 324 g/mol. The quantitative estimate of drug-likeness (QED) is 0.580. The van der Waals surface area contributed by atoms with Crippen LogP contribution in [0.1, 0.15) is 76.6 Å². The second-order valence-electron chi connectivity index (χ2n) is 6.83. The normalized spacial score (nSPS) is 11.0. The number of unbranched alkanes of at least 4 members (excludes halogenated alkanes) is 6. The molecule has 0 amide bonds. The largest absolute Gasteiger partial charge is 0.368 e. The Morgan fingerprint density at radius 3 is 1.42 bits per heavy atom. The topological polar surface area (TPSA) is 104 Å². The van der Waals surface area contributed by atoms with E-state index in [4.69, 9.17) is 11.5 Å². The summed E-state index contributed by atoms with van der Waals surface area (Å²) in [5, 5.41) is 0.